The lowest BCUT2D eigenvalue weighted by molar-refractivity contribution is -0.119. The number of amides is 1. The Morgan fingerprint density at radius 2 is 2.03 bits per heavy atom. The monoisotopic (exact) mass is 443 g/mol. The van der Waals surface area contributed by atoms with Crippen molar-refractivity contribution in [2.75, 3.05) is 51.4 Å². The zero-order valence-corrected chi connectivity index (χ0v) is 19.4. The number of ether oxygens (including phenoxy) is 2. The fourth-order valence-corrected chi connectivity index (χ4v) is 4.92. The highest BCUT2D eigenvalue weighted by Gasteiger charge is 2.24. The van der Waals surface area contributed by atoms with Crippen LogP contribution in [0.1, 0.15) is 17.0 Å². The highest BCUT2D eigenvalue weighted by atomic mass is 32.1. The fourth-order valence-electron chi connectivity index (χ4n) is 3.82. The molecule has 2 aromatic heterocycles. The van der Waals surface area contributed by atoms with Crippen LogP contribution < -0.4 is 9.64 Å². The summed E-state index contributed by atoms with van der Waals surface area (Å²) >= 11 is 1.54. The smallest absolute Gasteiger partial charge is 0.250 e. The summed E-state index contributed by atoms with van der Waals surface area (Å²) in [6.07, 6.45) is 0. The third-order valence-electron chi connectivity index (χ3n) is 5.58. The molecule has 1 amide bonds. The molecular formula is C22H29N5O3S. The van der Waals surface area contributed by atoms with E-state index in [1.54, 1.807) is 16.7 Å². The molecule has 0 unspecified atom stereocenters. The van der Waals surface area contributed by atoms with Gasteiger partial charge in [0.15, 0.2) is 5.13 Å². The van der Waals surface area contributed by atoms with Gasteiger partial charge in [-0.05, 0) is 38.5 Å². The molecule has 1 aromatic carbocycles. The maximum Gasteiger partial charge on any atom is 0.250 e. The molecule has 1 saturated heterocycles. The zero-order chi connectivity index (χ0) is 22.0. The Morgan fingerprint density at radius 1 is 1.26 bits per heavy atom. The van der Waals surface area contributed by atoms with E-state index in [2.05, 4.69) is 16.9 Å². The minimum Gasteiger partial charge on any atom is -0.494 e. The Bertz CT molecular complexity index is 1070. The standard InChI is InChI=1S/C22H29N5O3S/c1-15-5-6-18(29-4)20-21(15)31-22(23-20)26(8-7-25-9-11-30-12-10-25)19(28)14-27-17(3)13-16(2)24-27/h5-6,13H,7-12,14H2,1-4H3. The zero-order valence-electron chi connectivity index (χ0n) is 18.6. The van der Waals surface area contributed by atoms with Crippen LogP contribution in [0.15, 0.2) is 18.2 Å². The van der Waals surface area contributed by atoms with Crippen molar-refractivity contribution < 1.29 is 14.3 Å². The predicted octanol–water partition coefficient (Wildman–Crippen LogP) is 2.79. The van der Waals surface area contributed by atoms with Crippen LogP contribution in [0.2, 0.25) is 0 Å². The Labute approximate surface area is 186 Å². The van der Waals surface area contributed by atoms with Crippen LogP contribution in [0.5, 0.6) is 5.75 Å². The summed E-state index contributed by atoms with van der Waals surface area (Å²) in [6, 6.07) is 5.94. The molecule has 1 aliphatic heterocycles. The van der Waals surface area contributed by atoms with Crippen LogP contribution in [0.3, 0.4) is 0 Å². The predicted molar refractivity (Wildman–Crippen MR) is 122 cm³/mol. The maximum absolute atomic E-state index is 13.4. The first-order valence-corrected chi connectivity index (χ1v) is 11.3. The van der Waals surface area contributed by atoms with Gasteiger partial charge in [-0.2, -0.15) is 5.10 Å². The second kappa shape index (κ2) is 9.33. The highest BCUT2D eigenvalue weighted by molar-refractivity contribution is 7.22. The van der Waals surface area contributed by atoms with Crippen molar-refractivity contribution in [3.63, 3.8) is 0 Å². The fraction of sp³-hybridized carbons (Fsp3) is 0.500. The average molecular weight is 444 g/mol. The Morgan fingerprint density at radius 3 is 2.71 bits per heavy atom. The van der Waals surface area contributed by atoms with Crippen molar-refractivity contribution >= 4 is 32.6 Å². The topological polar surface area (TPSA) is 72.7 Å². The Balaban J connectivity index is 1.64. The van der Waals surface area contributed by atoms with Gasteiger partial charge in [0.25, 0.3) is 5.91 Å². The molecule has 0 spiro atoms. The lowest BCUT2D eigenvalue weighted by Crippen LogP contribution is -2.44. The van der Waals surface area contributed by atoms with Crippen molar-refractivity contribution in [1.82, 2.24) is 19.7 Å². The highest BCUT2D eigenvalue weighted by Crippen LogP contribution is 2.36. The van der Waals surface area contributed by atoms with Crippen molar-refractivity contribution in [2.45, 2.75) is 27.3 Å². The van der Waals surface area contributed by atoms with E-state index in [1.807, 2.05) is 32.0 Å². The number of morpholine rings is 1. The molecule has 1 aliphatic rings. The van der Waals surface area contributed by atoms with Gasteiger partial charge >= 0.3 is 0 Å². The van der Waals surface area contributed by atoms with Crippen LogP contribution >= 0.6 is 11.3 Å². The van der Waals surface area contributed by atoms with Gasteiger partial charge < -0.3 is 9.47 Å². The number of aromatic nitrogens is 3. The van der Waals surface area contributed by atoms with E-state index >= 15 is 0 Å². The van der Waals surface area contributed by atoms with Crippen molar-refractivity contribution in [3.05, 3.63) is 35.2 Å². The summed E-state index contributed by atoms with van der Waals surface area (Å²) in [5, 5.41) is 5.16. The van der Waals surface area contributed by atoms with Gasteiger partial charge in [0.05, 0.1) is 30.7 Å². The molecule has 8 nitrogen and oxygen atoms in total. The number of methoxy groups -OCH3 is 1. The number of anilines is 1. The van der Waals surface area contributed by atoms with Gasteiger partial charge in [0, 0.05) is 31.9 Å². The number of fused-ring (bicyclic) bond motifs is 1. The summed E-state index contributed by atoms with van der Waals surface area (Å²) < 4.78 is 13.8. The Kier molecular flexibility index (Phi) is 6.54. The summed E-state index contributed by atoms with van der Waals surface area (Å²) in [6.45, 7) is 10.7. The minimum atomic E-state index is -0.0184. The average Bonchev–Trinajstić information content (AvgIpc) is 3.33. The van der Waals surface area contributed by atoms with E-state index in [9.17, 15) is 4.79 Å². The van der Waals surface area contributed by atoms with Crippen LogP contribution in [0.25, 0.3) is 10.2 Å². The summed E-state index contributed by atoms with van der Waals surface area (Å²) in [5.74, 6) is 0.706. The normalized spacial score (nSPS) is 14.8. The molecule has 0 aliphatic carbocycles. The SMILES string of the molecule is COc1ccc(C)c2sc(N(CCN3CCOCC3)C(=O)Cn3nc(C)cc3C)nc12. The number of hydrogen-bond acceptors (Lipinski definition) is 7. The molecule has 9 heteroatoms. The molecule has 31 heavy (non-hydrogen) atoms. The first-order valence-electron chi connectivity index (χ1n) is 10.5. The number of hydrogen-bond donors (Lipinski definition) is 0. The van der Waals surface area contributed by atoms with Crippen LogP contribution in [0.4, 0.5) is 5.13 Å². The molecule has 3 aromatic rings. The maximum atomic E-state index is 13.4. The molecule has 3 heterocycles. The van der Waals surface area contributed by atoms with E-state index in [0.29, 0.717) is 11.7 Å². The molecule has 1 fully saturated rings. The number of rotatable bonds is 7. The van der Waals surface area contributed by atoms with Gasteiger partial charge in [-0.1, -0.05) is 17.4 Å². The van der Waals surface area contributed by atoms with E-state index in [4.69, 9.17) is 14.5 Å². The van der Waals surface area contributed by atoms with Crippen molar-refractivity contribution in [2.24, 2.45) is 0 Å². The van der Waals surface area contributed by atoms with E-state index < -0.39 is 0 Å². The summed E-state index contributed by atoms with van der Waals surface area (Å²) in [7, 11) is 1.65. The first kappa shape index (κ1) is 21.7. The third kappa shape index (κ3) is 4.73. The van der Waals surface area contributed by atoms with Gasteiger partial charge in [-0.15, -0.1) is 0 Å². The van der Waals surface area contributed by atoms with Crippen LogP contribution in [-0.2, 0) is 16.1 Å². The molecule has 0 radical (unpaired) electrons. The second-order valence-electron chi connectivity index (χ2n) is 7.84. The number of aryl methyl sites for hydroxylation is 3. The molecule has 166 valence electrons. The van der Waals surface area contributed by atoms with E-state index in [1.165, 1.54) is 11.3 Å². The quantitative estimate of drug-likeness (QED) is 0.559. The first-order chi connectivity index (χ1) is 15.0. The summed E-state index contributed by atoms with van der Waals surface area (Å²) in [5.41, 5.74) is 3.81. The van der Waals surface area contributed by atoms with Gasteiger partial charge in [0.1, 0.15) is 17.8 Å². The number of carbonyl (C=O) groups excluding carboxylic acids is 1. The molecule has 4 rings (SSSR count). The molecule has 0 N–H and O–H groups in total. The molecular weight excluding hydrogens is 414 g/mol. The molecule has 0 atom stereocenters. The van der Waals surface area contributed by atoms with Crippen LogP contribution in [0, 0.1) is 20.8 Å². The van der Waals surface area contributed by atoms with Crippen molar-refractivity contribution in [3.8, 4) is 5.75 Å². The van der Waals surface area contributed by atoms with Gasteiger partial charge in [0.2, 0.25) is 0 Å². The van der Waals surface area contributed by atoms with Crippen LogP contribution in [-0.4, -0.2) is 72.1 Å². The lowest BCUT2D eigenvalue weighted by Gasteiger charge is -2.29. The van der Waals surface area contributed by atoms with E-state index in [-0.39, 0.29) is 12.5 Å². The van der Waals surface area contributed by atoms with E-state index in [0.717, 1.165) is 65.8 Å². The number of carbonyl (C=O) groups is 1. The van der Waals surface area contributed by atoms with Crippen molar-refractivity contribution in [1.29, 1.82) is 0 Å². The summed E-state index contributed by atoms with van der Waals surface area (Å²) in [4.78, 5) is 22.4. The second-order valence-corrected chi connectivity index (χ2v) is 8.82. The largest absolute Gasteiger partial charge is 0.494 e. The molecule has 0 saturated carbocycles. The number of benzene rings is 1. The number of thiazole rings is 1. The minimum absolute atomic E-state index is 0.0184. The Hall–Kier alpha value is -2.49. The third-order valence-corrected chi connectivity index (χ3v) is 6.79. The lowest BCUT2D eigenvalue weighted by atomic mass is 10.2. The molecule has 0 bridgehead atoms. The van der Waals surface area contributed by atoms with Gasteiger partial charge in [-0.25, -0.2) is 4.98 Å². The number of nitrogens with zero attached hydrogens (tertiary/aromatic N) is 5. The van der Waals surface area contributed by atoms with Gasteiger partial charge in [-0.3, -0.25) is 19.3 Å².